The Kier molecular flexibility index (Phi) is 8.66. The fourth-order valence-corrected chi connectivity index (χ4v) is 8.86. The molecular weight excluding hydrogens is 614 g/mol. The summed E-state index contributed by atoms with van der Waals surface area (Å²) in [5.74, 6) is 2.73. The van der Waals surface area contributed by atoms with Gasteiger partial charge in [-0.2, -0.15) is 9.97 Å². The zero-order valence-corrected chi connectivity index (χ0v) is 26.8. The van der Waals surface area contributed by atoms with E-state index in [4.69, 9.17) is 47.4 Å². The number of nitrogen functional groups attached to an aromatic ring is 1. The molecule has 5 fully saturated rings. The summed E-state index contributed by atoms with van der Waals surface area (Å²) in [4.78, 5) is 38.7. The van der Waals surface area contributed by atoms with E-state index in [1.165, 1.54) is 64.2 Å². The summed E-state index contributed by atoms with van der Waals surface area (Å²) in [5.41, 5.74) is 7.38. The molecule has 2 spiro atoms. The Bertz CT molecular complexity index is 1480. The van der Waals surface area contributed by atoms with E-state index >= 15 is 0 Å². The molecule has 0 amide bonds. The fraction of sp³-hybridized carbons (Fsp3) is 0.727. The zero-order valence-electron chi connectivity index (χ0n) is 26.0. The molecule has 4 saturated carbocycles. The van der Waals surface area contributed by atoms with E-state index in [2.05, 4.69) is 20.9 Å². The van der Waals surface area contributed by atoms with Crippen LogP contribution >= 0.6 is 11.6 Å². The van der Waals surface area contributed by atoms with Gasteiger partial charge in [0.2, 0.25) is 5.28 Å². The van der Waals surface area contributed by atoms with Crippen LogP contribution in [0.5, 0.6) is 0 Å². The van der Waals surface area contributed by atoms with E-state index in [1.54, 1.807) is 10.9 Å². The highest BCUT2D eigenvalue weighted by atomic mass is 35.5. The Morgan fingerprint density at radius 2 is 1.52 bits per heavy atom. The van der Waals surface area contributed by atoms with Crippen molar-refractivity contribution in [3.63, 3.8) is 0 Å². The van der Waals surface area contributed by atoms with Crippen molar-refractivity contribution in [3.8, 4) is 12.3 Å². The lowest BCUT2D eigenvalue weighted by molar-refractivity contribution is -0.178. The largest absolute Gasteiger partial charge is 0.509 e. The maximum atomic E-state index is 13.1. The number of hydrogen-bond donors (Lipinski definition) is 1. The van der Waals surface area contributed by atoms with Crippen molar-refractivity contribution in [1.29, 1.82) is 0 Å². The molecule has 13 heteroatoms. The van der Waals surface area contributed by atoms with Crippen molar-refractivity contribution < 1.29 is 33.3 Å². The number of hydrogen-bond acceptors (Lipinski definition) is 11. The first-order valence-electron chi connectivity index (χ1n) is 16.7. The van der Waals surface area contributed by atoms with Crippen LogP contribution in [-0.2, 0) is 30.2 Å². The monoisotopic (exact) mass is 655 g/mol. The second-order valence-electron chi connectivity index (χ2n) is 14.2. The van der Waals surface area contributed by atoms with Crippen molar-refractivity contribution in [3.05, 3.63) is 11.6 Å². The standard InChI is InChI=1S/C33H42ClN5O7/c1-2-23-26(46-31(41)44-22-16-33(17-22)11-7-4-8-12-33)24(45-30(40)43-21-14-32(15-21)9-5-3-6-10-32)13-20(42-23)18-39-19-36-25-27(35)37-29(34)38-28(25)39/h1,19-24,26H,3-18H2,(H2,35,37,38)/t20-,23?,24+,26?/m1/s1. The topological polar surface area (TPSA) is 150 Å². The molecule has 0 bridgehead atoms. The van der Waals surface area contributed by atoms with Crippen LogP contribution < -0.4 is 5.73 Å². The number of ether oxygens (including phenoxy) is 5. The molecule has 5 aliphatic rings. The number of carbonyl (C=O) groups excluding carboxylic acids is 2. The van der Waals surface area contributed by atoms with Gasteiger partial charge in [0.25, 0.3) is 0 Å². The van der Waals surface area contributed by atoms with E-state index in [9.17, 15) is 9.59 Å². The Hall–Kier alpha value is -3.30. The molecular formula is C33H42ClN5O7. The Morgan fingerprint density at radius 3 is 2.11 bits per heavy atom. The van der Waals surface area contributed by atoms with E-state index < -0.39 is 36.7 Å². The van der Waals surface area contributed by atoms with Crippen LogP contribution in [-0.4, -0.2) is 68.5 Å². The van der Waals surface area contributed by atoms with Crippen LogP contribution in [0, 0.1) is 23.2 Å². The molecule has 46 heavy (non-hydrogen) atoms. The normalized spacial score (nSPS) is 30.1. The number of anilines is 1. The number of rotatable bonds is 6. The molecule has 2 aromatic rings. The molecule has 2 aromatic heterocycles. The first-order valence-corrected chi connectivity index (χ1v) is 17.1. The van der Waals surface area contributed by atoms with Gasteiger partial charge in [-0.25, -0.2) is 14.6 Å². The first kappa shape index (κ1) is 31.3. The lowest BCUT2D eigenvalue weighted by atomic mass is 9.59. The maximum absolute atomic E-state index is 13.1. The van der Waals surface area contributed by atoms with Gasteiger partial charge in [0, 0.05) is 6.42 Å². The third kappa shape index (κ3) is 6.45. The number of fused-ring (bicyclic) bond motifs is 1. The first-order chi connectivity index (χ1) is 22.2. The fourth-order valence-electron chi connectivity index (χ4n) is 8.69. The van der Waals surface area contributed by atoms with Gasteiger partial charge in [0.1, 0.15) is 23.8 Å². The SMILES string of the molecule is C#CC1O[C@@H](Cn2cnc3c(N)nc(Cl)nc32)C[C@H](OC(=O)OC2CC3(CCCCC3)C2)C1OC(=O)OC1CC2(CCCCC2)C1. The Morgan fingerprint density at radius 1 is 0.935 bits per heavy atom. The minimum absolute atomic E-state index is 0.0133. The quantitative estimate of drug-likeness (QED) is 0.218. The second kappa shape index (κ2) is 12.7. The van der Waals surface area contributed by atoms with Gasteiger partial charge in [-0.3, -0.25) is 0 Å². The van der Waals surface area contributed by atoms with Crippen molar-refractivity contribution in [1.82, 2.24) is 19.5 Å². The number of nitrogens with zero attached hydrogens (tertiary/aromatic N) is 4. The van der Waals surface area contributed by atoms with Crippen LogP contribution in [0.3, 0.4) is 0 Å². The van der Waals surface area contributed by atoms with Crippen molar-refractivity contribution in [2.24, 2.45) is 10.8 Å². The summed E-state index contributed by atoms with van der Waals surface area (Å²) < 4.78 is 31.0. The van der Waals surface area contributed by atoms with Crippen LogP contribution in [0.25, 0.3) is 11.2 Å². The van der Waals surface area contributed by atoms with Crippen molar-refractivity contribution in [2.45, 2.75) is 139 Å². The summed E-state index contributed by atoms with van der Waals surface area (Å²) in [6.45, 7) is 0.239. The average Bonchev–Trinajstić information content (AvgIpc) is 3.40. The predicted octanol–water partition coefficient (Wildman–Crippen LogP) is 6.12. The number of carbonyl (C=O) groups is 2. The van der Waals surface area contributed by atoms with Crippen molar-refractivity contribution >= 4 is 40.9 Å². The molecule has 1 aliphatic heterocycles. The molecule has 4 aliphatic carbocycles. The van der Waals surface area contributed by atoms with Crippen LogP contribution in [0.1, 0.15) is 96.3 Å². The number of nitrogens with two attached hydrogens (primary N) is 1. The lowest BCUT2D eigenvalue weighted by Crippen LogP contribution is -2.53. The third-order valence-electron chi connectivity index (χ3n) is 11.0. The van der Waals surface area contributed by atoms with E-state index in [0.717, 1.165) is 25.7 Å². The van der Waals surface area contributed by atoms with Gasteiger partial charge < -0.3 is 34.0 Å². The second-order valence-corrected chi connectivity index (χ2v) is 14.5. The van der Waals surface area contributed by atoms with E-state index in [0.29, 0.717) is 11.2 Å². The summed E-state index contributed by atoms with van der Waals surface area (Å²) in [6, 6.07) is 0. The summed E-state index contributed by atoms with van der Waals surface area (Å²) in [5, 5.41) is -0.0133. The van der Waals surface area contributed by atoms with Gasteiger partial charge in [0.05, 0.1) is 19.0 Å². The molecule has 3 heterocycles. The molecule has 1 saturated heterocycles. The molecule has 248 valence electrons. The maximum Gasteiger partial charge on any atom is 0.509 e. The number of terminal acetylenes is 1. The zero-order chi connectivity index (χ0) is 31.9. The molecule has 2 unspecified atom stereocenters. The minimum Gasteiger partial charge on any atom is -0.431 e. The van der Waals surface area contributed by atoms with Crippen LogP contribution in [0.2, 0.25) is 5.28 Å². The van der Waals surface area contributed by atoms with E-state index in [1.807, 2.05) is 0 Å². The minimum atomic E-state index is -1.08. The Labute approximate surface area is 273 Å². The number of halogens is 1. The van der Waals surface area contributed by atoms with Crippen LogP contribution in [0.4, 0.5) is 15.4 Å². The van der Waals surface area contributed by atoms with E-state index in [-0.39, 0.29) is 47.1 Å². The highest BCUT2D eigenvalue weighted by Crippen LogP contribution is 2.53. The highest BCUT2D eigenvalue weighted by Gasteiger charge is 2.50. The average molecular weight is 656 g/mol. The van der Waals surface area contributed by atoms with Gasteiger partial charge in [-0.1, -0.05) is 44.4 Å². The van der Waals surface area contributed by atoms with Gasteiger partial charge in [-0.05, 0) is 73.8 Å². The van der Waals surface area contributed by atoms with Gasteiger partial charge >= 0.3 is 12.3 Å². The number of aromatic nitrogens is 4. The molecule has 7 rings (SSSR count). The smallest absolute Gasteiger partial charge is 0.431 e. The highest BCUT2D eigenvalue weighted by molar-refractivity contribution is 6.28. The molecule has 2 N–H and O–H groups in total. The Balaban J connectivity index is 1.02. The third-order valence-corrected chi connectivity index (χ3v) is 11.2. The molecule has 0 radical (unpaired) electrons. The molecule has 12 nitrogen and oxygen atoms in total. The summed E-state index contributed by atoms with van der Waals surface area (Å²) in [7, 11) is 0. The lowest BCUT2D eigenvalue weighted by Gasteiger charge is -2.49. The summed E-state index contributed by atoms with van der Waals surface area (Å²) >= 11 is 6.06. The number of imidazole rings is 1. The van der Waals surface area contributed by atoms with Crippen LogP contribution in [0.15, 0.2) is 6.33 Å². The van der Waals surface area contributed by atoms with Gasteiger partial charge in [0.15, 0.2) is 23.7 Å². The molecule has 4 atom stereocenters. The molecule has 0 aromatic carbocycles. The predicted molar refractivity (Wildman–Crippen MR) is 167 cm³/mol. The van der Waals surface area contributed by atoms with Gasteiger partial charge in [-0.15, -0.1) is 6.42 Å². The summed E-state index contributed by atoms with van der Waals surface area (Å²) in [6.07, 6.45) is 17.5. The van der Waals surface area contributed by atoms with Crippen molar-refractivity contribution in [2.75, 3.05) is 5.73 Å².